The number of anilines is 2. The lowest BCUT2D eigenvalue weighted by atomic mass is 9.77. The zero-order chi connectivity index (χ0) is 20.7. The molecule has 3 aromatic rings. The van der Waals surface area contributed by atoms with E-state index in [1.54, 1.807) is 11.3 Å². The van der Waals surface area contributed by atoms with E-state index < -0.39 is 0 Å². The van der Waals surface area contributed by atoms with Crippen LogP contribution in [0.15, 0.2) is 29.8 Å². The highest BCUT2D eigenvalue weighted by Gasteiger charge is 2.50. The summed E-state index contributed by atoms with van der Waals surface area (Å²) in [4.78, 5) is 9.32. The molecule has 8 nitrogen and oxygen atoms in total. The summed E-state index contributed by atoms with van der Waals surface area (Å²) in [5.74, 6) is 1.33. The van der Waals surface area contributed by atoms with E-state index in [1.807, 2.05) is 11.6 Å². The van der Waals surface area contributed by atoms with E-state index in [2.05, 4.69) is 48.4 Å². The third-order valence-electron chi connectivity index (χ3n) is 6.90. The van der Waals surface area contributed by atoms with Crippen LogP contribution >= 0.6 is 11.3 Å². The van der Waals surface area contributed by atoms with Gasteiger partial charge in [-0.25, -0.2) is 4.98 Å². The summed E-state index contributed by atoms with van der Waals surface area (Å²) in [6, 6.07) is 6.46. The predicted molar refractivity (Wildman–Crippen MR) is 120 cm³/mol. The zero-order valence-corrected chi connectivity index (χ0v) is 18.3. The van der Waals surface area contributed by atoms with Crippen LogP contribution in [0.3, 0.4) is 0 Å². The Hall–Kier alpha value is -2.36. The van der Waals surface area contributed by atoms with Crippen molar-refractivity contribution < 1.29 is 9.47 Å². The Kier molecular flexibility index (Phi) is 4.96. The van der Waals surface area contributed by atoms with E-state index in [0.29, 0.717) is 5.92 Å². The highest BCUT2D eigenvalue weighted by atomic mass is 32.1. The number of morpholine rings is 1. The number of aromatic nitrogens is 4. The van der Waals surface area contributed by atoms with Gasteiger partial charge in [0.2, 0.25) is 0 Å². The van der Waals surface area contributed by atoms with Crippen LogP contribution in [0, 0.1) is 5.92 Å². The average Bonchev–Trinajstić information content (AvgIpc) is 3.33. The Morgan fingerprint density at radius 1 is 1.06 bits per heavy atom. The number of hydrogen-bond donors (Lipinski definition) is 0. The fourth-order valence-electron chi connectivity index (χ4n) is 5.18. The van der Waals surface area contributed by atoms with Gasteiger partial charge in [-0.15, -0.1) is 21.5 Å². The summed E-state index contributed by atoms with van der Waals surface area (Å²) in [5.41, 5.74) is 1.84. The lowest BCUT2D eigenvalue weighted by molar-refractivity contribution is -0.191. The van der Waals surface area contributed by atoms with Crippen molar-refractivity contribution in [2.45, 2.75) is 24.9 Å². The molecular weight excluding hydrogens is 412 g/mol. The molecule has 0 N–H and O–H groups in total. The second kappa shape index (κ2) is 7.96. The summed E-state index contributed by atoms with van der Waals surface area (Å²) < 4.78 is 11.7. The number of rotatable bonds is 4. The van der Waals surface area contributed by atoms with Crippen LogP contribution in [0.4, 0.5) is 11.5 Å². The van der Waals surface area contributed by atoms with Crippen LogP contribution in [0.2, 0.25) is 0 Å². The minimum atomic E-state index is -0.230. The molecule has 0 bridgehead atoms. The van der Waals surface area contributed by atoms with Crippen molar-refractivity contribution in [3.8, 4) is 0 Å². The maximum absolute atomic E-state index is 6.21. The van der Waals surface area contributed by atoms with E-state index in [0.717, 1.165) is 87.0 Å². The normalized spacial score (nSPS) is 26.8. The zero-order valence-electron chi connectivity index (χ0n) is 17.4. The average molecular weight is 439 g/mol. The number of thiazole rings is 1. The Bertz CT molecular complexity index is 1050. The Morgan fingerprint density at radius 2 is 1.97 bits per heavy atom. The van der Waals surface area contributed by atoms with Gasteiger partial charge in [-0.05, 0) is 36.3 Å². The lowest BCUT2D eigenvalue weighted by Crippen LogP contribution is -2.53. The third kappa shape index (κ3) is 3.35. The van der Waals surface area contributed by atoms with Crippen LogP contribution in [0.1, 0.15) is 24.3 Å². The highest BCUT2D eigenvalue weighted by Crippen LogP contribution is 2.48. The van der Waals surface area contributed by atoms with E-state index in [9.17, 15) is 0 Å². The molecule has 0 radical (unpaired) electrons. The quantitative estimate of drug-likeness (QED) is 0.616. The topological polar surface area (TPSA) is 76.5 Å². The van der Waals surface area contributed by atoms with Gasteiger partial charge in [0.1, 0.15) is 16.1 Å². The summed E-state index contributed by atoms with van der Waals surface area (Å²) in [6.45, 7) is 6.04. The predicted octanol–water partition coefficient (Wildman–Crippen LogP) is 2.85. The molecule has 1 aromatic carbocycles. The van der Waals surface area contributed by atoms with Gasteiger partial charge in [0, 0.05) is 61.2 Å². The second-order valence-electron chi connectivity index (χ2n) is 8.52. The van der Waals surface area contributed by atoms with E-state index in [4.69, 9.17) is 9.47 Å². The molecule has 3 saturated heterocycles. The number of ether oxygens (including phenoxy) is 2. The molecule has 0 amide bonds. The molecular formula is C22H26N6O2S. The first-order valence-corrected chi connectivity index (χ1v) is 12.0. The van der Waals surface area contributed by atoms with Crippen LogP contribution in [-0.2, 0) is 15.1 Å². The largest absolute Gasteiger partial charge is 0.378 e. The number of nitrogens with zero attached hydrogens (tertiary/aromatic N) is 6. The molecule has 0 aliphatic carbocycles. The molecule has 0 saturated carbocycles. The van der Waals surface area contributed by atoms with Crippen molar-refractivity contribution in [1.82, 2.24) is 20.4 Å². The maximum atomic E-state index is 6.21. The first kappa shape index (κ1) is 19.3. The Morgan fingerprint density at radius 3 is 2.74 bits per heavy atom. The molecule has 1 unspecified atom stereocenters. The van der Waals surface area contributed by atoms with Crippen LogP contribution in [0.5, 0.6) is 0 Å². The fourth-order valence-corrected chi connectivity index (χ4v) is 6.08. The van der Waals surface area contributed by atoms with Gasteiger partial charge in [-0.3, -0.25) is 0 Å². The smallest absolute Gasteiger partial charge is 0.162 e. The number of hydrogen-bond acceptors (Lipinski definition) is 9. The SMILES string of the molecule is c1csc([C@]2(C3CCCN(c4nnnc5cc(N6CCOCC6)ccc45)C3)CCO2)n1. The van der Waals surface area contributed by atoms with Gasteiger partial charge in [-0.1, -0.05) is 0 Å². The number of benzene rings is 1. The Balaban J connectivity index is 1.29. The molecule has 9 heteroatoms. The molecule has 6 rings (SSSR count). The molecule has 162 valence electrons. The van der Waals surface area contributed by atoms with Crippen LogP contribution < -0.4 is 9.80 Å². The third-order valence-corrected chi connectivity index (χ3v) is 7.83. The number of fused-ring (bicyclic) bond motifs is 1. The first-order chi connectivity index (χ1) is 15.3. The summed E-state index contributed by atoms with van der Waals surface area (Å²) >= 11 is 1.71. The van der Waals surface area contributed by atoms with E-state index >= 15 is 0 Å². The molecule has 3 fully saturated rings. The van der Waals surface area contributed by atoms with Crippen molar-refractivity contribution in [1.29, 1.82) is 0 Å². The van der Waals surface area contributed by atoms with Gasteiger partial charge in [0.15, 0.2) is 5.82 Å². The number of piperidine rings is 1. The van der Waals surface area contributed by atoms with Crippen molar-refractivity contribution >= 4 is 33.7 Å². The van der Waals surface area contributed by atoms with Crippen molar-refractivity contribution in [3.63, 3.8) is 0 Å². The minimum absolute atomic E-state index is 0.230. The molecule has 0 spiro atoms. The summed E-state index contributed by atoms with van der Waals surface area (Å²) in [7, 11) is 0. The van der Waals surface area contributed by atoms with E-state index in [-0.39, 0.29) is 5.60 Å². The van der Waals surface area contributed by atoms with Gasteiger partial charge in [0.25, 0.3) is 0 Å². The Labute approximate surface area is 185 Å². The van der Waals surface area contributed by atoms with Crippen LogP contribution in [-0.4, -0.2) is 66.4 Å². The van der Waals surface area contributed by atoms with Gasteiger partial charge < -0.3 is 19.3 Å². The van der Waals surface area contributed by atoms with Gasteiger partial charge >= 0.3 is 0 Å². The monoisotopic (exact) mass is 438 g/mol. The van der Waals surface area contributed by atoms with Crippen molar-refractivity contribution in [2.24, 2.45) is 5.92 Å². The first-order valence-electron chi connectivity index (χ1n) is 11.1. The summed E-state index contributed by atoms with van der Waals surface area (Å²) in [5, 5.41) is 17.2. The van der Waals surface area contributed by atoms with Gasteiger partial charge in [0.05, 0.1) is 19.8 Å². The maximum Gasteiger partial charge on any atom is 0.162 e. The second-order valence-corrected chi connectivity index (χ2v) is 9.42. The molecule has 3 aliphatic rings. The van der Waals surface area contributed by atoms with Gasteiger partial charge in [-0.2, -0.15) is 0 Å². The van der Waals surface area contributed by atoms with Crippen molar-refractivity contribution in [3.05, 3.63) is 34.8 Å². The lowest BCUT2D eigenvalue weighted by Gasteiger charge is -2.49. The highest BCUT2D eigenvalue weighted by molar-refractivity contribution is 7.09. The molecule has 31 heavy (non-hydrogen) atoms. The van der Waals surface area contributed by atoms with E-state index in [1.165, 1.54) is 5.69 Å². The molecule has 2 aromatic heterocycles. The summed E-state index contributed by atoms with van der Waals surface area (Å²) in [6.07, 6.45) is 5.19. The van der Waals surface area contributed by atoms with Crippen molar-refractivity contribution in [2.75, 3.05) is 55.8 Å². The molecule has 5 heterocycles. The standard InChI is InChI=1S/C22H26N6O2S/c1-2-16(22(5-10-30-22)21-23-6-13-31-21)15-28(7-1)20-18-4-3-17(14-19(18)24-26-25-20)27-8-11-29-12-9-27/h3-4,6,13-14,16H,1-2,5,7-12,15H2/t16?,22-/m1/s1. The minimum Gasteiger partial charge on any atom is -0.378 e. The van der Waals surface area contributed by atoms with Crippen LogP contribution in [0.25, 0.3) is 10.9 Å². The fraction of sp³-hybridized carbons (Fsp3) is 0.545. The molecule has 2 atom stereocenters. The molecule has 3 aliphatic heterocycles.